The van der Waals surface area contributed by atoms with Crippen LogP contribution >= 0.6 is 0 Å². The van der Waals surface area contributed by atoms with Gasteiger partial charge in [-0.2, -0.15) is 0 Å². The molecule has 0 atom stereocenters. The summed E-state index contributed by atoms with van der Waals surface area (Å²) in [4.78, 5) is 113. The third-order valence-electron chi connectivity index (χ3n) is 16.6. The van der Waals surface area contributed by atoms with E-state index < -0.39 is 59.7 Å². The first-order chi connectivity index (χ1) is 57.3. The molecule has 0 aliphatic carbocycles. The van der Waals surface area contributed by atoms with Gasteiger partial charge in [0.2, 0.25) is 0 Å². The van der Waals surface area contributed by atoms with Crippen LogP contribution in [-0.4, -0.2) is 59.7 Å². The van der Waals surface area contributed by atoms with Crippen molar-refractivity contribution in [3.05, 3.63) is 386 Å². The van der Waals surface area contributed by atoms with Crippen LogP contribution in [0.25, 0.3) is 54.9 Å². The van der Waals surface area contributed by atoms with Crippen LogP contribution in [0, 0.1) is 0 Å². The summed E-state index contributed by atoms with van der Waals surface area (Å²) in [7, 11) is 0. The number of fused-ring (bicyclic) bond motifs is 2. The molecular weight excluding hydrogens is 1520 g/mol. The van der Waals surface area contributed by atoms with E-state index in [1.807, 2.05) is 194 Å². The van der Waals surface area contributed by atoms with Gasteiger partial charge in [-0.25, -0.2) is 47.9 Å². The maximum Gasteiger partial charge on any atom is 0.338 e. The Balaban J connectivity index is 0.000000233. The fourth-order valence-corrected chi connectivity index (χ4v) is 9.98. The van der Waals surface area contributed by atoms with Gasteiger partial charge in [-0.3, -0.25) is 0 Å². The summed E-state index contributed by atoms with van der Waals surface area (Å²) in [5.41, 5.74) is 15.5. The van der Waals surface area contributed by atoms with Gasteiger partial charge >= 0.3 is 59.7 Å². The summed E-state index contributed by atoms with van der Waals surface area (Å²) in [5.74, 6) is -3.34. The molecule has 0 saturated heterocycles. The predicted molar refractivity (Wildman–Crippen MR) is 463 cm³/mol. The zero-order valence-electron chi connectivity index (χ0n) is 68.0. The second-order valence-corrected chi connectivity index (χ2v) is 26.9. The van der Waals surface area contributed by atoms with Gasteiger partial charge < -0.3 is 47.4 Å². The molecule has 0 aliphatic heterocycles. The average molecular weight is 1620 g/mol. The van der Waals surface area contributed by atoms with Gasteiger partial charge in [-0.1, -0.05) is 236 Å². The summed E-state index contributed by atoms with van der Waals surface area (Å²) < 4.78 is 50.8. The molecule has 0 saturated carbocycles. The Morgan fingerprint density at radius 3 is 0.558 bits per heavy atom. The SMILES string of the molecule is C=C(C)C(=O)OCc1ccc(-c2ccc(COC(=O)C(=C)C)cc2)cc1.C=C(C)C(=O)OCc1ccc2cc(COC(=O)C(=C)C)ccc2c1.C=C(C)C(=O)Oc1ccc(-c2ccc(OC(=O)C(=C)C)cc2)cc1.C=CC(=O)OCc1ccc(-c2ccc(COC(=O)C=C)cc2)cc1.C=CC(=O)OCc1ccc2cc(COC(=O)C=C)ccc2c1. The molecule has 0 fully saturated rings. The number of ether oxygens (including phenoxy) is 10. The van der Waals surface area contributed by atoms with Crippen LogP contribution in [0.2, 0.25) is 0 Å². The van der Waals surface area contributed by atoms with Crippen LogP contribution in [0.15, 0.2) is 342 Å². The second kappa shape index (κ2) is 48.3. The van der Waals surface area contributed by atoms with Gasteiger partial charge in [0.05, 0.1) is 0 Å². The number of rotatable bonds is 31. The molecule has 0 unspecified atom stereocenters. The van der Waals surface area contributed by atoms with Crippen molar-refractivity contribution in [2.75, 3.05) is 0 Å². The number of carbonyl (C=O) groups excluding carboxylic acids is 10. The molecule has 0 aliphatic rings. The molecular formula is C100H94O20. The van der Waals surface area contributed by atoms with Crippen molar-refractivity contribution < 1.29 is 95.3 Å². The van der Waals surface area contributed by atoms with E-state index in [9.17, 15) is 47.9 Å². The first-order valence-corrected chi connectivity index (χ1v) is 37.2. The largest absolute Gasteiger partial charge is 0.458 e. The van der Waals surface area contributed by atoms with E-state index in [2.05, 4.69) is 65.8 Å². The molecule has 10 aromatic rings. The zero-order chi connectivity index (χ0) is 87.8. The van der Waals surface area contributed by atoms with Gasteiger partial charge in [0.1, 0.15) is 64.4 Å². The lowest BCUT2D eigenvalue weighted by atomic mass is 10.0. The number of esters is 10. The Kier molecular flexibility index (Phi) is 37.7. The Bertz CT molecular complexity index is 5110. The Morgan fingerprint density at radius 1 is 0.217 bits per heavy atom. The summed E-state index contributed by atoms with van der Waals surface area (Å²) in [5, 5.41) is 4.08. The maximum absolute atomic E-state index is 11.5. The minimum absolute atomic E-state index is 0.208. The van der Waals surface area contributed by atoms with Crippen molar-refractivity contribution in [1.82, 2.24) is 0 Å². The molecule has 0 N–H and O–H groups in total. The van der Waals surface area contributed by atoms with E-state index in [1.165, 1.54) is 0 Å². The molecule has 20 heteroatoms. The fourth-order valence-electron chi connectivity index (χ4n) is 9.98. The van der Waals surface area contributed by atoms with Gasteiger partial charge in [-0.15, -0.1) is 0 Å². The summed E-state index contributed by atoms with van der Waals surface area (Å²) in [6.07, 6.45) is 4.56. The highest BCUT2D eigenvalue weighted by molar-refractivity contribution is 5.92. The monoisotopic (exact) mass is 1610 g/mol. The van der Waals surface area contributed by atoms with Crippen molar-refractivity contribution in [3.8, 4) is 44.9 Å². The lowest BCUT2D eigenvalue weighted by molar-refractivity contribution is -0.141. The highest BCUT2D eigenvalue weighted by Gasteiger charge is 2.14. The predicted octanol–water partition coefficient (Wildman–Crippen LogP) is 20.1. The van der Waals surface area contributed by atoms with Gasteiger partial charge in [0.15, 0.2) is 0 Å². The Morgan fingerprint density at radius 2 is 0.375 bits per heavy atom. The normalized spacial score (nSPS) is 10.0. The molecule has 0 radical (unpaired) electrons. The fraction of sp³-hybridized carbons (Fsp3) is 0.140. The minimum atomic E-state index is -0.452. The molecule has 10 aromatic carbocycles. The van der Waals surface area contributed by atoms with Crippen LogP contribution in [0.5, 0.6) is 11.5 Å². The molecule has 0 amide bonds. The zero-order valence-corrected chi connectivity index (χ0v) is 68.0. The molecule has 20 nitrogen and oxygen atoms in total. The van der Waals surface area contributed by atoms with Crippen LogP contribution in [0.3, 0.4) is 0 Å². The number of hydrogen-bond acceptors (Lipinski definition) is 20. The third kappa shape index (κ3) is 32.6. The summed E-state index contributed by atoms with van der Waals surface area (Å²) >= 11 is 0. The Hall–Kier alpha value is -15.2. The Labute approximate surface area is 698 Å². The van der Waals surface area contributed by atoms with Crippen molar-refractivity contribution in [3.63, 3.8) is 0 Å². The number of hydrogen-bond donors (Lipinski definition) is 0. The van der Waals surface area contributed by atoms with Gasteiger partial charge in [0.25, 0.3) is 0 Å². The van der Waals surface area contributed by atoms with Crippen LogP contribution < -0.4 is 9.47 Å². The number of benzene rings is 10. The van der Waals surface area contributed by atoms with Crippen LogP contribution in [0.4, 0.5) is 0 Å². The van der Waals surface area contributed by atoms with E-state index in [0.717, 1.165) is 124 Å². The highest BCUT2D eigenvalue weighted by atomic mass is 16.6. The molecule has 120 heavy (non-hydrogen) atoms. The van der Waals surface area contributed by atoms with Gasteiger partial charge in [-0.05, 0) is 190 Å². The van der Waals surface area contributed by atoms with Gasteiger partial charge in [0, 0.05) is 57.7 Å². The quantitative estimate of drug-likeness (QED) is 0.0169. The van der Waals surface area contributed by atoms with Crippen molar-refractivity contribution >= 4 is 81.2 Å². The number of carbonyl (C=O) groups is 10. The van der Waals surface area contributed by atoms with E-state index in [-0.39, 0.29) is 52.9 Å². The second-order valence-electron chi connectivity index (χ2n) is 26.9. The summed E-state index contributed by atoms with van der Waals surface area (Å²) in [6, 6.07) is 68.4. The standard InChI is InChI=1S/C22H22O4.C20H18O4.C20H20O4.C20H18O4.C18H16O4/c1-15(2)21(23)25-13-17-5-9-19(10-6-17)20-11-7-18(8-12-20)14-26-22(24)16(3)4;1-13(2)19(21)23-17-9-5-15(6-10-17)16-7-11-18(12-8-16)24-20(22)14(3)4;1-13(2)19(21)23-11-15-5-7-18-10-16(6-8-17(18)9-15)12-24-20(22)14(3)4;1-3-19(21)23-13-15-5-9-17(10-6-15)18-11-7-16(8-12-18)14-24-20(22)4-2;1-3-17(19)21-11-13-5-7-16-10-14(6-8-15(16)9-13)12-22-18(20)4-2/h5-12H,1,3,13-14H2,2,4H3;5-12H,1,3H2,2,4H3;5-10H,1,3,11-12H2,2,4H3;3-12H,1-2,13-14H2;3-10H,1-2,11-12H2. The molecule has 0 aromatic heterocycles. The smallest absolute Gasteiger partial charge is 0.338 e. The average Bonchev–Trinajstić information content (AvgIpc) is 0.746. The van der Waals surface area contributed by atoms with Crippen LogP contribution in [0.1, 0.15) is 86.1 Å². The third-order valence-corrected chi connectivity index (χ3v) is 16.6. The van der Waals surface area contributed by atoms with E-state index in [4.69, 9.17) is 47.4 Å². The summed E-state index contributed by atoms with van der Waals surface area (Å²) in [6.45, 7) is 46.1. The minimum Gasteiger partial charge on any atom is -0.458 e. The van der Waals surface area contributed by atoms with Crippen LogP contribution in [-0.2, 0) is 139 Å². The van der Waals surface area contributed by atoms with E-state index in [0.29, 0.717) is 44.9 Å². The first-order valence-electron chi connectivity index (χ1n) is 37.2. The van der Waals surface area contributed by atoms with E-state index >= 15 is 0 Å². The van der Waals surface area contributed by atoms with Crippen molar-refractivity contribution in [1.29, 1.82) is 0 Å². The topological polar surface area (TPSA) is 263 Å². The molecule has 0 heterocycles. The van der Waals surface area contributed by atoms with Crippen molar-refractivity contribution in [2.24, 2.45) is 0 Å². The molecule has 0 spiro atoms. The highest BCUT2D eigenvalue weighted by Crippen LogP contribution is 2.28. The molecule has 614 valence electrons. The maximum atomic E-state index is 11.5. The van der Waals surface area contributed by atoms with Crippen molar-refractivity contribution in [2.45, 2.75) is 94.4 Å². The molecule has 0 bridgehead atoms. The lowest BCUT2D eigenvalue weighted by Gasteiger charge is -2.08. The first kappa shape index (κ1) is 93.7. The molecule has 10 rings (SSSR count). The lowest BCUT2D eigenvalue weighted by Crippen LogP contribution is -2.08. The van der Waals surface area contributed by atoms with E-state index in [1.54, 1.807) is 65.8 Å².